The van der Waals surface area contributed by atoms with Crippen LogP contribution in [0.15, 0.2) is 66.7 Å². The van der Waals surface area contributed by atoms with Crippen LogP contribution in [0.3, 0.4) is 0 Å². The van der Waals surface area contributed by atoms with Crippen molar-refractivity contribution in [2.24, 2.45) is 29.4 Å². The van der Waals surface area contributed by atoms with Gasteiger partial charge in [-0.3, -0.25) is 48.1 Å². The first kappa shape index (κ1) is 81.0. The van der Waals surface area contributed by atoms with Gasteiger partial charge in [-0.25, -0.2) is 14.4 Å². The highest BCUT2D eigenvalue weighted by Gasteiger charge is 2.44. The summed E-state index contributed by atoms with van der Waals surface area (Å²) in [6.45, 7) is 21.3. The lowest BCUT2D eigenvalue weighted by Gasteiger charge is -2.41. The minimum absolute atomic E-state index is 0.0785. The number of nitrogens with two attached hydrogens (primary N) is 1. The molecule has 97 heavy (non-hydrogen) atoms. The summed E-state index contributed by atoms with van der Waals surface area (Å²) in [5.41, 5.74) is 4.48. The van der Waals surface area contributed by atoms with E-state index >= 15 is 0 Å². The predicted molar refractivity (Wildman–Crippen MR) is 363 cm³/mol. The predicted octanol–water partition coefficient (Wildman–Crippen LogP) is 5.32. The van der Waals surface area contributed by atoms with Gasteiger partial charge in [-0.2, -0.15) is 0 Å². The SMILES string of the molecule is CC[C@H](C)[C@@H]([C@@H](CC(=O)N1CCC[C@H]1[C@H](OC)[C@@H](C)C(=O)N[C@@H](Cc1ccccc1)C(=O)OC(C)(C)C)OC)N(C)C(=O)[C@@H](NC(=O)C(C)(C)NC(=O)OCc1ccc(NC(=O)[C@H](CCCNC(N)=O)NC(=O)[C@@H](NC(=O)CCCCCN2C(=O)C=CC2=O)C(C)C)cc1)C(C)C. The number of ether oxygens (including phenoxy) is 4. The fourth-order valence-corrected chi connectivity index (χ4v) is 11.7. The third-order valence-corrected chi connectivity index (χ3v) is 17.4. The Morgan fingerprint density at radius 1 is 0.722 bits per heavy atom. The highest BCUT2D eigenvalue weighted by Crippen LogP contribution is 2.30. The topological polar surface area (TPSA) is 362 Å². The summed E-state index contributed by atoms with van der Waals surface area (Å²) in [6.07, 6.45) is 3.68. The van der Waals surface area contributed by atoms with Crippen LogP contribution >= 0.6 is 0 Å². The fourth-order valence-electron chi connectivity index (χ4n) is 11.7. The fraction of sp³-hybridized carbons (Fsp3) is 0.629. The number of anilines is 1. The molecule has 2 aromatic rings. The number of alkyl carbamates (subject to hydrolysis) is 1. The van der Waals surface area contributed by atoms with E-state index in [9.17, 15) is 57.5 Å². The van der Waals surface area contributed by atoms with Crippen LogP contribution in [-0.2, 0) is 79.9 Å². The number of esters is 1. The molecule has 2 aromatic carbocycles. The Labute approximate surface area is 571 Å². The molecule has 1 fully saturated rings. The van der Waals surface area contributed by atoms with Gasteiger partial charge in [0.1, 0.15) is 41.9 Å². The average molecular weight is 1360 g/mol. The van der Waals surface area contributed by atoms with Gasteiger partial charge >= 0.3 is 18.1 Å². The van der Waals surface area contributed by atoms with Gasteiger partial charge < -0.3 is 71.7 Å². The molecule has 10 atom stereocenters. The quantitative estimate of drug-likeness (QED) is 0.0240. The number of likely N-dealkylation sites (tertiary alicyclic amines) is 1. The minimum atomic E-state index is -1.61. The Kier molecular flexibility index (Phi) is 32.1. The van der Waals surface area contributed by atoms with Crippen molar-refractivity contribution < 1.29 is 76.5 Å². The second-order valence-corrected chi connectivity index (χ2v) is 27.3. The number of hydrogen-bond acceptors (Lipinski definition) is 16. The maximum absolute atomic E-state index is 14.7. The van der Waals surface area contributed by atoms with Crippen LogP contribution < -0.4 is 43.0 Å². The molecular weight excluding hydrogens is 1250 g/mol. The summed E-state index contributed by atoms with van der Waals surface area (Å²) in [5, 5.41) is 19.1. The van der Waals surface area contributed by atoms with E-state index in [0.717, 1.165) is 10.5 Å². The number of nitrogens with zero attached hydrogens (tertiary/aromatic N) is 3. The van der Waals surface area contributed by atoms with E-state index in [1.165, 1.54) is 45.1 Å². The molecule has 0 radical (unpaired) electrons. The normalized spacial score (nSPS) is 16.8. The number of hydrogen-bond donors (Lipinski definition) is 8. The van der Waals surface area contributed by atoms with Crippen molar-refractivity contribution in [2.45, 2.75) is 220 Å². The van der Waals surface area contributed by atoms with E-state index < -0.39 is 125 Å². The van der Waals surface area contributed by atoms with E-state index in [1.807, 2.05) is 44.2 Å². The van der Waals surface area contributed by atoms with Crippen LogP contribution in [0.25, 0.3) is 0 Å². The maximum Gasteiger partial charge on any atom is 0.408 e. The number of rotatable bonds is 38. The molecule has 0 unspecified atom stereocenters. The van der Waals surface area contributed by atoms with Crippen molar-refractivity contribution in [1.82, 2.24) is 46.6 Å². The first-order valence-electron chi connectivity index (χ1n) is 33.6. The van der Waals surface area contributed by atoms with Crippen molar-refractivity contribution in [3.63, 3.8) is 0 Å². The zero-order valence-electron chi connectivity index (χ0n) is 59.3. The maximum atomic E-state index is 14.7. The number of likely N-dealkylation sites (N-methyl/N-ethyl adjacent to an activating group) is 1. The molecule has 0 aliphatic carbocycles. The van der Waals surface area contributed by atoms with E-state index in [0.29, 0.717) is 56.3 Å². The first-order valence-corrected chi connectivity index (χ1v) is 33.6. The molecule has 0 spiro atoms. The number of carbonyl (C=O) groups excluding carboxylic acids is 12. The van der Waals surface area contributed by atoms with Crippen LogP contribution in [0.4, 0.5) is 15.3 Å². The molecule has 2 aliphatic rings. The molecule has 9 N–H and O–H groups in total. The molecule has 27 nitrogen and oxygen atoms in total. The second-order valence-electron chi connectivity index (χ2n) is 27.3. The molecule has 0 aromatic heterocycles. The molecule has 2 heterocycles. The lowest BCUT2D eigenvalue weighted by atomic mass is 9.89. The van der Waals surface area contributed by atoms with Gasteiger partial charge in [0.25, 0.3) is 11.8 Å². The lowest BCUT2D eigenvalue weighted by molar-refractivity contribution is -0.159. The molecular formula is C70H107N11O16. The van der Waals surface area contributed by atoms with Crippen LogP contribution in [0, 0.1) is 23.7 Å². The summed E-state index contributed by atoms with van der Waals surface area (Å²) in [4.78, 5) is 164. The van der Waals surface area contributed by atoms with Gasteiger partial charge in [0, 0.05) is 71.6 Å². The first-order chi connectivity index (χ1) is 45.6. The highest BCUT2D eigenvalue weighted by molar-refractivity contribution is 6.12. The minimum Gasteiger partial charge on any atom is -0.458 e. The van der Waals surface area contributed by atoms with Gasteiger partial charge in [-0.05, 0) is 114 Å². The Bertz CT molecular complexity index is 3030. The number of carbonyl (C=O) groups is 12. The van der Waals surface area contributed by atoms with Crippen molar-refractivity contribution in [2.75, 3.05) is 46.2 Å². The monoisotopic (exact) mass is 1360 g/mol. The van der Waals surface area contributed by atoms with Gasteiger partial charge in [-0.1, -0.05) is 104 Å². The summed E-state index contributed by atoms with van der Waals surface area (Å²) < 4.78 is 23.3. The second kappa shape index (κ2) is 38.5. The molecule has 0 bridgehead atoms. The molecule has 2 aliphatic heterocycles. The van der Waals surface area contributed by atoms with Crippen LogP contribution in [0.2, 0.25) is 0 Å². The largest absolute Gasteiger partial charge is 0.458 e. The zero-order valence-corrected chi connectivity index (χ0v) is 59.3. The molecule has 0 saturated carbocycles. The molecule has 1 saturated heterocycles. The number of amides is 12. The number of methoxy groups -OCH3 is 2. The van der Waals surface area contributed by atoms with E-state index in [4.69, 9.17) is 24.7 Å². The number of unbranched alkanes of at least 4 members (excludes halogenated alkanes) is 2. The van der Waals surface area contributed by atoms with Gasteiger partial charge in [-0.15, -0.1) is 0 Å². The summed E-state index contributed by atoms with van der Waals surface area (Å²) >= 11 is 0. The van der Waals surface area contributed by atoms with Crippen LogP contribution in [0.1, 0.15) is 158 Å². The Morgan fingerprint density at radius 3 is 1.93 bits per heavy atom. The number of nitrogens with one attached hydrogen (secondary N) is 7. The Hall–Kier alpha value is -8.46. The van der Waals surface area contributed by atoms with Crippen LogP contribution in [0.5, 0.6) is 0 Å². The van der Waals surface area contributed by atoms with Gasteiger partial charge in [0.05, 0.1) is 36.6 Å². The molecule has 12 amide bonds. The van der Waals surface area contributed by atoms with E-state index in [-0.39, 0.29) is 81.4 Å². The van der Waals surface area contributed by atoms with E-state index in [2.05, 4.69) is 37.2 Å². The average Bonchev–Trinajstić information content (AvgIpc) is 1.80. The molecule has 4 rings (SSSR count). The molecule has 27 heteroatoms. The number of urea groups is 1. The highest BCUT2D eigenvalue weighted by atomic mass is 16.6. The summed E-state index contributed by atoms with van der Waals surface area (Å²) in [5.74, 6) is -6.61. The smallest absolute Gasteiger partial charge is 0.408 e. The van der Waals surface area contributed by atoms with Crippen molar-refractivity contribution in [3.8, 4) is 0 Å². The number of imide groups is 1. The molecule has 538 valence electrons. The Morgan fingerprint density at radius 2 is 1.35 bits per heavy atom. The standard InChI is InChI=1S/C70H107N11O16/c1-16-44(6)59(52(94-14)40-56(85)80-38-24-28-51(80)60(95-15)45(7)61(86)75-50(65(90)97-69(8,9)10)39-46-25-19-17-20-26-46)79(13)64(89)58(43(4)5)77-66(91)70(11,12)78-68(93)96-41-47-30-32-48(33-31-47)73-62(87)49(27-23-36-72-67(71)92)74-63(88)57(42(2)3)76-53(82)29-21-18-22-37-81-54(83)34-35-55(81)84/h17,19-20,25-26,30-35,42-45,49-52,57-60H,16,18,21-24,27-29,36-41H2,1-15H3,(H,73,87)(H,74,88)(H,75,86)(H,76,82)(H,77,91)(H,78,93)(H3,71,72,92)/t44-,45+,49-,50-,51-,52+,57-,58-,59-,60+/m0/s1. The number of benzene rings is 2. The number of primary amides is 1. The van der Waals surface area contributed by atoms with Gasteiger partial charge in [0.2, 0.25) is 41.4 Å². The van der Waals surface area contributed by atoms with Crippen LogP contribution in [-0.4, -0.2) is 186 Å². The van der Waals surface area contributed by atoms with Gasteiger partial charge in [0.15, 0.2) is 0 Å². The third kappa shape index (κ3) is 25.5. The third-order valence-electron chi connectivity index (χ3n) is 17.4. The summed E-state index contributed by atoms with van der Waals surface area (Å²) in [7, 11) is 4.58. The van der Waals surface area contributed by atoms with E-state index in [1.54, 1.807) is 91.6 Å². The lowest BCUT2D eigenvalue weighted by Crippen LogP contribution is -2.62. The summed E-state index contributed by atoms with van der Waals surface area (Å²) in [6, 6.07) is 9.46. The van der Waals surface area contributed by atoms with Crippen molar-refractivity contribution in [3.05, 3.63) is 77.9 Å². The van der Waals surface area contributed by atoms with Crippen molar-refractivity contribution in [1.29, 1.82) is 0 Å². The zero-order chi connectivity index (χ0) is 72.5. The van der Waals surface area contributed by atoms with Crippen molar-refractivity contribution >= 4 is 76.9 Å². The Balaban J connectivity index is 1.36.